The Morgan fingerprint density at radius 1 is 0.647 bits per heavy atom. The average Bonchev–Trinajstić information content (AvgIpc) is 2.70. The molecule has 1 atom stereocenters. The van der Waals surface area contributed by atoms with Gasteiger partial charge in [-0.25, -0.2) is 0 Å². The van der Waals surface area contributed by atoms with Gasteiger partial charge >= 0.3 is 0 Å². The first-order valence-electron chi connectivity index (χ1n) is 12.9. The van der Waals surface area contributed by atoms with E-state index in [1.807, 2.05) is 6.08 Å². The molecule has 0 radical (unpaired) electrons. The predicted octanol–water partition coefficient (Wildman–Crippen LogP) is 9.51. The Balaban J connectivity index is 0.000000342. The first-order chi connectivity index (χ1) is 15.2. The predicted molar refractivity (Wildman–Crippen MR) is 152 cm³/mol. The second kappa shape index (κ2) is 10.8. The fraction of sp³-hybridized carbons (Fsp3) is 0.625. The van der Waals surface area contributed by atoms with Crippen LogP contribution < -0.4 is 0 Å². The van der Waals surface area contributed by atoms with E-state index in [4.69, 9.17) is 9.97 Å². The maximum absolute atomic E-state index is 4.89. The van der Waals surface area contributed by atoms with Crippen LogP contribution in [0, 0.1) is 0 Å². The van der Waals surface area contributed by atoms with Crippen molar-refractivity contribution in [3.05, 3.63) is 64.7 Å². The minimum Gasteiger partial charge on any atom is -0.257 e. The van der Waals surface area contributed by atoms with Gasteiger partial charge in [0.25, 0.3) is 0 Å². The zero-order chi connectivity index (χ0) is 26.7. The third-order valence-corrected chi connectivity index (χ3v) is 6.19. The lowest BCUT2D eigenvalue weighted by atomic mass is 9.84. The molecule has 190 valence electrons. The van der Waals surface area contributed by atoms with E-state index in [-0.39, 0.29) is 21.7 Å². The minimum absolute atomic E-state index is 0.0824. The first-order valence-corrected chi connectivity index (χ1v) is 12.9. The maximum atomic E-state index is 4.89. The molecule has 1 unspecified atom stereocenters. The molecular formula is C32H52N2. The second-order valence-electron chi connectivity index (χ2n) is 13.9. The highest BCUT2D eigenvalue weighted by molar-refractivity contribution is 5.49. The summed E-state index contributed by atoms with van der Waals surface area (Å²) >= 11 is 0. The summed E-state index contributed by atoms with van der Waals surface area (Å²) in [4.78, 5) is 9.67. The fourth-order valence-corrected chi connectivity index (χ4v) is 3.28. The molecule has 0 aliphatic rings. The van der Waals surface area contributed by atoms with E-state index in [0.29, 0.717) is 5.92 Å². The van der Waals surface area contributed by atoms with Crippen molar-refractivity contribution in [1.82, 2.24) is 9.97 Å². The summed E-state index contributed by atoms with van der Waals surface area (Å²) in [6, 6.07) is 8.84. The molecular weight excluding hydrogens is 412 g/mol. The van der Waals surface area contributed by atoms with Crippen molar-refractivity contribution in [2.24, 2.45) is 0 Å². The van der Waals surface area contributed by atoms with Crippen LogP contribution in [0.15, 0.2) is 30.8 Å². The smallest absolute Gasteiger partial charge is 0.0466 e. The lowest BCUT2D eigenvalue weighted by Crippen LogP contribution is -2.20. The van der Waals surface area contributed by atoms with Gasteiger partial charge in [0.1, 0.15) is 0 Å². The average molecular weight is 465 g/mol. The molecule has 34 heavy (non-hydrogen) atoms. The highest BCUT2D eigenvalue weighted by Crippen LogP contribution is 2.31. The van der Waals surface area contributed by atoms with Gasteiger partial charge in [-0.15, -0.1) is 0 Å². The topological polar surface area (TPSA) is 25.8 Å². The Kier molecular flexibility index (Phi) is 9.51. The van der Waals surface area contributed by atoms with Crippen LogP contribution in [0.5, 0.6) is 0 Å². The summed E-state index contributed by atoms with van der Waals surface area (Å²) in [5.74, 6) is 0.607. The Labute approximate surface area is 211 Å². The van der Waals surface area contributed by atoms with Crippen molar-refractivity contribution in [1.29, 1.82) is 0 Å². The van der Waals surface area contributed by atoms with E-state index in [2.05, 4.69) is 128 Å². The highest BCUT2D eigenvalue weighted by Gasteiger charge is 2.23. The fourth-order valence-electron chi connectivity index (χ4n) is 3.28. The maximum Gasteiger partial charge on any atom is 0.0466 e. The molecule has 0 aliphatic carbocycles. The first kappa shape index (κ1) is 30.1. The molecule has 0 aromatic carbocycles. The van der Waals surface area contributed by atoms with Crippen LogP contribution in [0.2, 0.25) is 0 Å². The van der Waals surface area contributed by atoms with Gasteiger partial charge in [-0.1, -0.05) is 110 Å². The van der Waals surface area contributed by atoms with Gasteiger partial charge in [0.15, 0.2) is 0 Å². The van der Waals surface area contributed by atoms with Crippen LogP contribution in [-0.4, -0.2) is 9.97 Å². The summed E-state index contributed by atoms with van der Waals surface area (Å²) in [7, 11) is 0. The molecule has 2 nitrogen and oxygen atoms in total. The molecule has 0 spiro atoms. The summed E-state index contributed by atoms with van der Waals surface area (Å²) in [5.41, 5.74) is 7.68. The summed E-state index contributed by atoms with van der Waals surface area (Å²) in [6.07, 6.45) is 3.07. The SMILES string of the molecule is C=Cc1cc(C(C)(C)C)nc(C(C)(C)C)c1.CCC(C)c1cc(C(C)(C)C)nc(C(C)(C)C)c1. The summed E-state index contributed by atoms with van der Waals surface area (Å²) in [6.45, 7) is 35.0. The van der Waals surface area contributed by atoms with Crippen LogP contribution >= 0.6 is 0 Å². The number of aromatic nitrogens is 2. The molecule has 0 N–H and O–H groups in total. The number of hydrogen-bond donors (Lipinski definition) is 0. The van der Waals surface area contributed by atoms with Crippen molar-refractivity contribution < 1.29 is 0 Å². The minimum atomic E-state index is 0.0824. The Hall–Kier alpha value is -1.96. The van der Waals surface area contributed by atoms with Crippen LogP contribution in [-0.2, 0) is 21.7 Å². The van der Waals surface area contributed by atoms with Gasteiger partial charge in [-0.3, -0.25) is 9.97 Å². The Morgan fingerprint density at radius 2 is 0.941 bits per heavy atom. The molecule has 0 bridgehead atoms. The molecule has 0 amide bonds. The molecule has 0 fully saturated rings. The van der Waals surface area contributed by atoms with Gasteiger partial charge in [0.2, 0.25) is 0 Å². The molecule has 2 rings (SSSR count). The zero-order valence-corrected chi connectivity index (χ0v) is 24.8. The van der Waals surface area contributed by atoms with E-state index in [9.17, 15) is 0 Å². The Bertz CT molecular complexity index is 890. The van der Waals surface area contributed by atoms with Crippen LogP contribution in [0.4, 0.5) is 0 Å². The molecule has 2 aromatic heterocycles. The van der Waals surface area contributed by atoms with Crippen molar-refractivity contribution >= 4 is 6.08 Å². The van der Waals surface area contributed by atoms with Gasteiger partial charge in [-0.2, -0.15) is 0 Å². The third-order valence-electron chi connectivity index (χ3n) is 6.19. The number of nitrogens with zero attached hydrogens (tertiary/aromatic N) is 2. The number of rotatable bonds is 3. The Morgan fingerprint density at radius 3 is 1.18 bits per heavy atom. The largest absolute Gasteiger partial charge is 0.257 e. The molecule has 2 heteroatoms. The van der Waals surface area contributed by atoms with Gasteiger partial charge in [0.05, 0.1) is 0 Å². The number of hydrogen-bond acceptors (Lipinski definition) is 2. The summed E-state index contributed by atoms with van der Waals surface area (Å²) in [5, 5.41) is 0. The van der Waals surface area contributed by atoms with Crippen molar-refractivity contribution in [2.75, 3.05) is 0 Å². The molecule has 0 aliphatic heterocycles. The van der Waals surface area contributed by atoms with Crippen molar-refractivity contribution in [2.45, 2.75) is 131 Å². The monoisotopic (exact) mass is 464 g/mol. The van der Waals surface area contributed by atoms with E-state index in [1.54, 1.807) is 0 Å². The van der Waals surface area contributed by atoms with Gasteiger partial charge < -0.3 is 0 Å². The van der Waals surface area contributed by atoms with Crippen LogP contribution in [0.1, 0.15) is 143 Å². The van der Waals surface area contributed by atoms with E-state index >= 15 is 0 Å². The van der Waals surface area contributed by atoms with E-state index < -0.39 is 0 Å². The molecule has 2 heterocycles. The second-order valence-corrected chi connectivity index (χ2v) is 13.9. The quantitative estimate of drug-likeness (QED) is 0.452. The normalized spacial score (nSPS) is 13.7. The lowest BCUT2D eigenvalue weighted by molar-refractivity contribution is 0.527. The van der Waals surface area contributed by atoms with E-state index in [0.717, 1.165) is 17.0 Å². The standard InChI is InChI=1S/C17H29N.C15H23N/c1-9-12(2)13-10-14(16(3,4)5)18-15(11-13)17(6,7)8;1-8-11-9-12(14(2,3)4)16-13(10-11)15(5,6)7/h10-12H,9H2,1-8H3;8-10H,1H2,2-7H3. The van der Waals surface area contributed by atoms with Crippen molar-refractivity contribution in [3.8, 4) is 0 Å². The van der Waals surface area contributed by atoms with Gasteiger partial charge in [0, 0.05) is 44.4 Å². The van der Waals surface area contributed by atoms with Gasteiger partial charge in [-0.05, 0) is 47.7 Å². The highest BCUT2D eigenvalue weighted by atomic mass is 14.8. The van der Waals surface area contributed by atoms with Crippen LogP contribution in [0.3, 0.4) is 0 Å². The number of pyridine rings is 2. The van der Waals surface area contributed by atoms with Crippen LogP contribution in [0.25, 0.3) is 6.08 Å². The zero-order valence-electron chi connectivity index (χ0n) is 24.8. The summed E-state index contributed by atoms with van der Waals surface area (Å²) < 4.78 is 0. The third kappa shape index (κ3) is 8.67. The molecule has 0 saturated heterocycles. The lowest BCUT2D eigenvalue weighted by Gasteiger charge is -2.26. The van der Waals surface area contributed by atoms with E-state index in [1.165, 1.54) is 23.4 Å². The molecule has 2 aromatic rings. The van der Waals surface area contributed by atoms with Crippen molar-refractivity contribution in [3.63, 3.8) is 0 Å². The molecule has 0 saturated carbocycles.